The summed E-state index contributed by atoms with van der Waals surface area (Å²) in [5.74, 6) is -1.64. The Hall–Kier alpha value is -4.00. The van der Waals surface area contributed by atoms with Crippen molar-refractivity contribution in [2.45, 2.75) is 19.5 Å². The molecule has 4 rings (SSSR count). The van der Waals surface area contributed by atoms with Crippen LogP contribution in [0, 0.1) is 12.7 Å². The van der Waals surface area contributed by atoms with Gasteiger partial charge in [0.05, 0.1) is 18.7 Å². The summed E-state index contributed by atoms with van der Waals surface area (Å²) < 4.78 is 18.8. The van der Waals surface area contributed by atoms with Crippen molar-refractivity contribution in [2.24, 2.45) is 0 Å². The minimum absolute atomic E-state index is 0.0462. The van der Waals surface area contributed by atoms with Crippen molar-refractivity contribution in [2.75, 3.05) is 7.11 Å². The van der Waals surface area contributed by atoms with Crippen LogP contribution >= 0.6 is 0 Å². The van der Waals surface area contributed by atoms with Crippen molar-refractivity contribution >= 4 is 17.4 Å². The molecular formula is C25H21FN2O4. The molecule has 0 bridgehead atoms. The normalized spacial score (nSPS) is 17.6. The van der Waals surface area contributed by atoms with Gasteiger partial charge in [-0.2, -0.15) is 0 Å². The predicted molar refractivity (Wildman–Crippen MR) is 116 cm³/mol. The van der Waals surface area contributed by atoms with Crippen molar-refractivity contribution in [1.29, 1.82) is 0 Å². The van der Waals surface area contributed by atoms with Crippen LogP contribution in [0.4, 0.5) is 4.39 Å². The second-order valence-corrected chi connectivity index (χ2v) is 7.52. The Morgan fingerprint density at radius 1 is 1.16 bits per heavy atom. The van der Waals surface area contributed by atoms with E-state index in [0.717, 1.165) is 11.1 Å². The molecule has 32 heavy (non-hydrogen) atoms. The summed E-state index contributed by atoms with van der Waals surface area (Å²) in [4.78, 5) is 31.5. The molecule has 2 aromatic carbocycles. The van der Waals surface area contributed by atoms with E-state index in [2.05, 4.69) is 4.98 Å². The first-order chi connectivity index (χ1) is 15.4. The van der Waals surface area contributed by atoms with Gasteiger partial charge < -0.3 is 14.7 Å². The van der Waals surface area contributed by atoms with Gasteiger partial charge in [-0.05, 0) is 60.0 Å². The number of aromatic nitrogens is 1. The lowest BCUT2D eigenvalue weighted by atomic mass is 9.94. The summed E-state index contributed by atoms with van der Waals surface area (Å²) in [7, 11) is 1.54. The molecular weight excluding hydrogens is 411 g/mol. The van der Waals surface area contributed by atoms with Gasteiger partial charge in [0.2, 0.25) is 0 Å². The first-order valence-corrected chi connectivity index (χ1v) is 9.98. The number of nitrogens with zero attached hydrogens (tertiary/aromatic N) is 2. The standard InChI is InChI=1S/C25H21FN2O4/c1-15-12-18(7-10-20(15)32-2)23(29)21-22(17-5-8-19(26)9-6-17)28(25(31)24(21)30)14-16-4-3-11-27-13-16/h3-13,22,29H,14H2,1-2H3/t22-/m0/s1. The number of ether oxygens (including phenoxy) is 1. The molecule has 1 N–H and O–H groups in total. The van der Waals surface area contributed by atoms with E-state index in [4.69, 9.17) is 4.74 Å². The molecule has 1 aliphatic rings. The molecule has 1 saturated heterocycles. The Labute approximate surface area is 184 Å². The first-order valence-electron chi connectivity index (χ1n) is 9.98. The average molecular weight is 432 g/mol. The van der Waals surface area contributed by atoms with Gasteiger partial charge in [-0.25, -0.2) is 4.39 Å². The highest BCUT2D eigenvalue weighted by molar-refractivity contribution is 6.46. The Morgan fingerprint density at radius 2 is 1.91 bits per heavy atom. The highest BCUT2D eigenvalue weighted by atomic mass is 19.1. The number of pyridine rings is 1. The fourth-order valence-electron chi connectivity index (χ4n) is 3.90. The summed E-state index contributed by atoms with van der Waals surface area (Å²) in [6, 6.07) is 13.2. The quantitative estimate of drug-likeness (QED) is 0.372. The molecule has 0 radical (unpaired) electrons. The van der Waals surface area contributed by atoms with Crippen LogP contribution in [0.2, 0.25) is 0 Å². The molecule has 0 aliphatic carbocycles. The van der Waals surface area contributed by atoms with Gasteiger partial charge in [0, 0.05) is 24.5 Å². The van der Waals surface area contributed by atoms with Gasteiger partial charge in [0.25, 0.3) is 11.7 Å². The van der Waals surface area contributed by atoms with E-state index in [1.54, 1.807) is 49.8 Å². The third kappa shape index (κ3) is 3.85. The number of ketones is 1. The minimum Gasteiger partial charge on any atom is -0.507 e. The van der Waals surface area contributed by atoms with Crippen LogP contribution in [0.25, 0.3) is 5.76 Å². The number of aryl methyl sites for hydroxylation is 1. The molecule has 7 heteroatoms. The summed E-state index contributed by atoms with van der Waals surface area (Å²) >= 11 is 0. The van der Waals surface area contributed by atoms with Crippen molar-refractivity contribution in [3.63, 3.8) is 0 Å². The number of aliphatic hydroxyl groups excluding tert-OH is 1. The number of aliphatic hydroxyl groups is 1. The first kappa shape index (κ1) is 21.2. The second-order valence-electron chi connectivity index (χ2n) is 7.52. The molecule has 1 aromatic heterocycles. The fraction of sp³-hybridized carbons (Fsp3) is 0.160. The monoisotopic (exact) mass is 432 g/mol. The van der Waals surface area contributed by atoms with E-state index in [1.807, 2.05) is 6.92 Å². The van der Waals surface area contributed by atoms with Crippen LogP contribution in [0.1, 0.15) is 28.3 Å². The van der Waals surface area contributed by atoms with Gasteiger partial charge in [-0.15, -0.1) is 0 Å². The number of carbonyl (C=O) groups is 2. The van der Waals surface area contributed by atoms with Gasteiger partial charge in [0.1, 0.15) is 17.3 Å². The van der Waals surface area contributed by atoms with Crippen LogP contribution in [0.3, 0.4) is 0 Å². The summed E-state index contributed by atoms with van der Waals surface area (Å²) in [5, 5.41) is 11.1. The third-order valence-corrected chi connectivity index (χ3v) is 5.47. The number of benzene rings is 2. The molecule has 1 atom stereocenters. The van der Waals surface area contributed by atoms with Crippen molar-refractivity contribution in [1.82, 2.24) is 9.88 Å². The van der Waals surface area contributed by atoms with Crippen LogP contribution in [0.15, 0.2) is 72.6 Å². The molecule has 162 valence electrons. The molecule has 1 aliphatic heterocycles. The smallest absolute Gasteiger partial charge is 0.295 e. The van der Waals surface area contributed by atoms with Crippen molar-refractivity contribution in [3.05, 3.63) is 101 Å². The molecule has 0 saturated carbocycles. The van der Waals surface area contributed by atoms with E-state index in [0.29, 0.717) is 16.9 Å². The number of methoxy groups -OCH3 is 1. The van der Waals surface area contributed by atoms with Crippen LogP contribution in [-0.2, 0) is 16.1 Å². The highest BCUT2D eigenvalue weighted by Crippen LogP contribution is 2.40. The summed E-state index contributed by atoms with van der Waals surface area (Å²) in [6.07, 6.45) is 3.22. The Morgan fingerprint density at radius 3 is 2.53 bits per heavy atom. The molecule has 2 heterocycles. The van der Waals surface area contributed by atoms with E-state index < -0.39 is 23.5 Å². The lowest BCUT2D eigenvalue weighted by Crippen LogP contribution is -2.29. The number of hydrogen-bond donors (Lipinski definition) is 1. The van der Waals surface area contributed by atoms with Crippen LogP contribution < -0.4 is 4.74 Å². The number of rotatable bonds is 5. The number of hydrogen-bond acceptors (Lipinski definition) is 5. The van der Waals surface area contributed by atoms with Gasteiger partial charge in [-0.1, -0.05) is 18.2 Å². The van der Waals surface area contributed by atoms with E-state index in [1.165, 1.54) is 29.2 Å². The molecule has 3 aromatic rings. The summed E-state index contributed by atoms with van der Waals surface area (Å²) in [5.41, 5.74) is 2.34. The zero-order chi connectivity index (χ0) is 22.8. The Bertz CT molecular complexity index is 1210. The zero-order valence-electron chi connectivity index (χ0n) is 17.6. The molecule has 6 nitrogen and oxygen atoms in total. The second kappa shape index (κ2) is 8.63. The zero-order valence-corrected chi connectivity index (χ0v) is 17.6. The van der Waals surface area contributed by atoms with E-state index in [9.17, 15) is 19.1 Å². The van der Waals surface area contributed by atoms with Crippen molar-refractivity contribution in [3.8, 4) is 5.75 Å². The predicted octanol–water partition coefficient (Wildman–Crippen LogP) is 4.16. The maximum Gasteiger partial charge on any atom is 0.295 e. The molecule has 1 amide bonds. The largest absolute Gasteiger partial charge is 0.507 e. The number of halogens is 1. The summed E-state index contributed by atoms with van der Waals surface area (Å²) in [6.45, 7) is 1.92. The number of carbonyl (C=O) groups excluding carboxylic acids is 2. The lowest BCUT2D eigenvalue weighted by molar-refractivity contribution is -0.140. The van der Waals surface area contributed by atoms with E-state index >= 15 is 0 Å². The van der Waals surface area contributed by atoms with Gasteiger partial charge in [0.15, 0.2) is 0 Å². The maximum atomic E-state index is 13.6. The number of amides is 1. The molecule has 0 spiro atoms. The third-order valence-electron chi connectivity index (χ3n) is 5.47. The highest BCUT2D eigenvalue weighted by Gasteiger charge is 2.46. The van der Waals surface area contributed by atoms with Crippen molar-refractivity contribution < 1.29 is 23.8 Å². The van der Waals surface area contributed by atoms with Gasteiger partial charge in [-0.3, -0.25) is 14.6 Å². The average Bonchev–Trinajstić information content (AvgIpc) is 3.04. The Balaban J connectivity index is 1.86. The molecule has 0 unspecified atom stereocenters. The number of likely N-dealkylation sites (tertiary alicyclic amines) is 1. The maximum absolute atomic E-state index is 13.6. The Kier molecular flexibility index (Phi) is 5.73. The van der Waals surface area contributed by atoms with Gasteiger partial charge >= 0.3 is 0 Å². The van der Waals surface area contributed by atoms with Crippen LogP contribution in [-0.4, -0.2) is 33.8 Å². The minimum atomic E-state index is -0.877. The van der Waals surface area contributed by atoms with Crippen LogP contribution in [0.5, 0.6) is 5.75 Å². The fourth-order valence-corrected chi connectivity index (χ4v) is 3.90. The SMILES string of the molecule is COc1ccc(C(O)=C2C(=O)C(=O)N(Cc3cccnc3)[C@H]2c2ccc(F)cc2)cc1C. The number of Topliss-reactive ketones (excluding diaryl/α,β-unsaturated/α-hetero) is 1. The molecule has 1 fully saturated rings. The lowest BCUT2D eigenvalue weighted by Gasteiger charge is -2.25. The topological polar surface area (TPSA) is 79.7 Å². The van der Waals surface area contributed by atoms with E-state index in [-0.39, 0.29) is 17.9 Å².